The first kappa shape index (κ1) is 17.2. The second-order valence-electron chi connectivity index (χ2n) is 5.55. The molecule has 1 amide bonds. The minimum absolute atomic E-state index is 0.0841. The fourth-order valence-electron chi connectivity index (χ4n) is 1.75. The molecule has 118 valence electrons. The fourth-order valence-corrected chi connectivity index (χ4v) is 1.75. The van der Waals surface area contributed by atoms with E-state index < -0.39 is 18.3 Å². The van der Waals surface area contributed by atoms with Gasteiger partial charge in [0, 0.05) is 0 Å². The van der Waals surface area contributed by atoms with Gasteiger partial charge in [0.05, 0.1) is 6.04 Å². The van der Waals surface area contributed by atoms with Gasteiger partial charge in [-0.2, -0.15) is 8.78 Å². The zero-order valence-electron chi connectivity index (χ0n) is 12.7. The second-order valence-corrected chi connectivity index (χ2v) is 5.55. The van der Waals surface area contributed by atoms with Crippen molar-refractivity contribution in [2.24, 2.45) is 0 Å². The standard InChI is InChI=1S/C15H21F2NO3/c1-5-12(18-14(19)21-15(2,3)4)10-6-8-11(9-7-10)20-13(16)17/h6-9,12-13H,5H2,1-4H3,(H,18,19). The Morgan fingerprint density at radius 2 is 1.81 bits per heavy atom. The lowest BCUT2D eigenvalue weighted by Gasteiger charge is -2.23. The highest BCUT2D eigenvalue weighted by Gasteiger charge is 2.19. The summed E-state index contributed by atoms with van der Waals surface area (Å²) in [4.78, 5) is 11.8. The van der Waals surface area contributed by atoms with Crippen molar-refractivity contribution in [2.75, 3.05) is 0 Å². The highest BCUT2D eigenvalue weighted by atomic mass is 19.3. The maximum atomic E-state index is 12.1. The molecular weight excluding hydrogens is 280 g/mol. The van der Waals surface area contributed by atoms with Gasteiger partial charge in [-0.15, -0.1) is 0 Å². The van der Waals surface area contributed by atoms with E-state index in [9.17, 15) is 13.6 Å². The third-order valence-electron chi connectivity index (χ3n) is 2.61. The van der Waals surface area contributed by atoms with Crippen LogP contribution in [-0.4, -0.2) is 18.3 Å². The van der Waals surface area contributed by atoms with Crippen LogP contribution in [0.15, 0.2) is 24.3 Å². The molecule has 0 saturated carbocycles. The third-order valence-corrected chi connectivity index (χ3v) is 2.61. The summed E-state index contributed by atoms with van der Waals surface area (Å²) in [6.45, 7) is 4.40. The van der Waals surface area contributed by atoms with Crippen LogP contribution in [0.3, 0.4) is 0 Å². The number of halogens is 2. The molecule has 1 N–H and O–H groups in total. The van der Waals surface area contributed by atoms with E-state index in [1.54, 1.807) is 32.9 Å². The van der Waals surface area contributed by atoms with Crippen molar-refractivity contribution < 1.29 is 23.0 Å². The zero-order chi connectivity index (χ0) is 16.0. The first-order valence-corrected chi connectivity index (χ1v) is 6.75. The highest BCUT2D eigenvalue weighted by molar-refractivity contribution is 5.68. The molecule has 0 radical (unpaired) electrons. The SMILES string of the molecule is CCC(NC(=O)OC(C)(C)C)c1ccc(OC(F)F)cc1. The number of carbonyl (C=O) groups is 1. The summed E-state index contributed by atoms with van der Waals surface area (Å²) in [5.41, 5.74) is 0.224. The van der Waals surface area contributed by atoms with Crippen LogP contribution in [0.5, 0.6) is 5.75 Å². The van der Waals surface area contributed by atoms with Gasteiger partial charge < -0.3 is 14.8 Å². The van der Waals surface area contributed by atoms with Crippen molar-refractivity contribution in [1.82, 2.24) is 5.32 Å². The van der Waals surface area contributed by atoms with Gasteiger partial charge in [0.15, 0.2) is 0 Å². The Morgan fingerprint density at radius 1 is 1.24 bits per heavy atom. The first-order valence-electron chi connectivity index (χ1n) is 6.75. The fraction of sp³-hybridized carbons (Fsp3) is 0.533. The Bertz CT molecular complexity index is 455. The van der Waals surface area contributed by atoms with Crippen LogP contribution in [0.4, 0.5) is 13.6 Å². The Hall–Kier alpha value is -1.85. The number of amides is 1. The summed E-state index contributed by atoms with van der Waals surface area (Å²) in [6, 6.07) is 5.93. The molecule has 0 saturated heterocycles. The lowest BCUT2D eigenvalue weighted by Crippen LogP contribution is -2.34. The molecule has 21 heavy (non-hydrogen) atoms. The molecule has 1 aromatic carbocycles. The van der Waals surface area contributed by atoms with Crippen LogP contribution >= 0.6 is 0 Å². The number of rotatable bonds is 5. The van der Waals surface area contributed by atoms with E-state index in [0.717, 1.165) is 5.56 Å². The molecule has 0 heterocycles. The monoisotopic (exact) mass is 301 g/mol. The van der Waals surface area contributed by atoms with E-state index in [0.29, 0.717) is 6.42 Å². The van der Waals surface area contributed by atoms with E-state index in [1.807, 2.05) is 6.92 Å². The topological polar surface area (TPSA) is 47.6 Å². The van der Waals surface area contributed by atoms with Gasteiger partial charge in [0.1, 0.15) is 11.4 Å². The quantitative estimate of drug-likeness (QED) is 0.883. The van der Waals surface area contributed by atoms with Gasteiger partial charge in [-0.1, -0.05) is 19.1 Å². The molecule has 4 nitrogen and oxygen atoms in total. The van der Waals surface area contributed by atoms with E-state index >= 15 is 0 Å². The maximum Gasteiger partial charge on any atom is 0.408 e. The van der Waals surface area contributed by atoms with Gasteiger partial charge in [0.2, 0.25) is 0 Å². The van der Waals surface area contributed by atoms with Gasteiger partial charge in [-0.05, 0) is 44.9 Å². The van der Waals surface area contributed by atoms with Crippen molar-refractivity contribution in [3.05, 3.63) is 29.8 Å². The number of alkyl carbamates (subject to hydrolysis) is 1. The Balaban J connectivity index is 2.69. The molecule has 0 aliphatic heterocycles. The summed E-state index contributed by atoms with van der Waals surface area (Å²) >= 11 is 0. The van der Waals surface area contributed by atoms with Crippen LogP contribution in [0.1, 0.15) is 45.7 Å². The predicted molar refractivity (Wildman–Crippen MR) is 75.5 cm³/mol. The molecule has 1 rings (SSSR count). The number of hydrogen-bond donors (Lipinski definition) is 1. The molecular formula is C15H21F2NO3. The number of alkyl halides is 2. The number of hydrogen-bond acceptors (Lipinski definition) is 3. The van der Waals surface area contributed by atoms with E-state index in [-0.39, 0.29) is 11.8 Å². The molecule has 0 bridgehead atoms. The minimum atomic E-state index is -2.85. The number of nitrogens with one attached hydrogen (secondary N) is 1. The lowest BCUT2D eigenvalue weighted by molar-refractivity contribution is -0.0498. The molecule has 0 aromatic heterocycles. The number of benzene rings is 1. The Labute approximate surface area is 123 Å². The summed E-state index contributed by atoms with van der Waals surface area (Å²) in [5.74, 6) is 0.0841. The number of ether oxygens (including phenoxy) is 2. The Morgan fingerprint density at radius 3 is 2.24 bits per heavy atom. The largest absolute Gasteiger partial charge is 0.444 e. The highest BCUT2D eigenvalue weighted by Crippen LogP contribution is 2.22. The molecule has 0 aliphatic rings. The molecule has 0 aliphatic carbocycles. The Kier molecular flexibility index (Phi) is 5.93. The van der Waals surface area contributed by atoms with Gasteiger partial charge in [-0.3, -0.25) is 0 Å². The minimum Gasteiger partial charge on any atom is -0.444 e. The van der Waals surface area contributed by atoms with Gasteiger partial charge in [0.25, 0.3) is 0 Å². The molecule has 1 unspecified atom stereocenters. The summed E-state index contributed by atoms with van der Waals surface area (Å²) in [5, 5.41) is 2.75. The van der Waals surface area contributed by atoms with Crippen molar-refractivity contribution in [3.63, 3.8) is 0 Å². The van der Waals surface area contributed by atoms with Crippen LogP contribution in [-0.2, 0) is 4.74 Å². The van der Waals surface area contributed by atoms with E-state index in [2.05, 4.69) is 10.1 Å². The lowest BCUT2D eigenvalue weighted by atomic mass is 10.0. The zero-order valence-corrected chi connectivity index (χ0v) is 12.7. The molecule has 1 atom stereocenters. The van der Waals surface area contributed by atoms with Crippen molar-refractivity contribution in [2.45, 2.75) is 52.4 Å². The normalized spacial score (nSPS) is 12.9. The van der Waals surface area contributed by atoms with Crippen LogP contribution in [0.2, 0.25) is 0 Å². The van der Waals surface area contributed by atoms with Gasteiger partial charge in [-0.25, -0.2) is 4.79 Å². The summed E-state index contributed by atoms with van der Waals surface area (Å²) in [7, 11) is 0. The maximum absolute atomic E-state index is 12.1. The van der Waals surface area contributed by atoms with Crippen LogP contribution in [0, 0.1) is 0 Å². The smallest absolute Gasteiger partial charge is 0.408 e. The molecule has 6 heteroatoms. The van der Waals surface area contributed by atoms with Crippen LogP contribution in [0.25, 0.3) is 0 Å². The summed E-state index contributed by atoms with van der Waals surface area (Å²) < 4.78 is 33.6. The third kappa shape index (κ3) is 6.42. The molecule has 0 fully saturated rings. The predicted octanol–water partition coefficient (Wildman–Crippen LogP) is 4.26. The van der Waals surface area contributed by atoms with Crippen LogP contribution < -0.4 is 10.1 Å². The van der Waals surface area contributed by atoms with Crippen molar-refractivity contribution >= 4 is 6.09 Å². The number of carbonyl (C=O) groups excluding carboxylic acids is 1. The average molecular weight is 301 g/mol. The van der Waals surface area contributed by atoms with E-state index in [4.69, 9.17) is 4.74 Å². The summed E-state index contributed by atoms with van der Waals surface area (Å²) in [6.07, 6.45) is 0.135. The van der Waals surface area contributed by atoms with Crippen molar-refractivity contribution in [3.8, 4) is 5.75 Å². The van der Waals surface area contributed by atoms with E-state index in [1.165, 1.54) is 12.1 Å². The molecule has 1 aromatic rings. The van der Waals surface area contributed by atoms with Crippen molar-refractivity contribution in [1.29, 1.82) is 0 Å². The second kappa shape index (κ2) is 7.24. The molecule has 0 spiro atoms. The average Bonchev–Trinajstić information content (AvgIpc) is 2.34. The first-order chi connectivity index (χ1) is 9.71. The van der Waals surface area contributed by atoms with Gasteiger partial charge >= 0.3 is 12.7 Å².